The van der Waals surface area contributed by atoms with E-state index in [0.717, 1.165) is 17.3 Å². The van der Waals surface area contributed by atoms with Gasteiger partial charge >= 0.3 is 0 Å². The maximum absolute atomic E-state index is 8.58. The van der Waals surface area contributed by atoms with Gasteiger partial charge in [0.15, 0.2) is 0 Å². The third kappa shape index (κ3) is 4.85. The minimum absolute atomic E-state index is 0.157. The predicted octanol–water partition coefficient (Wildman–Crippen LogP) is -0.225. The third-order valence-electron chi connectivity index (χ3n) is 1.11. The first-order valence-corrected chi connectivity index (χ1v) is 5.05. The Balaban J connectivity index is 3.38. The van der Waals surface area contributed by atoms with Crippen LogP contribution < -0.4 is 0 Å². The molecule has 10 heavy (non-hydrogen) atoms. The number of hydrogen-bond donors (Lipinski definition) is 2. The van der Waals surface area contributed by atoms with Gasteiger partial charge in [0.1, 0.15) is 17.3 Å². The fourth-order valence-electron chi connectivity index (χ4n) is 0.694. The van der Waals surface area contributed by atoms with Crippen molar-refractivity contribution in [1.82, 2.24) is 0 Å². The molecule has 0 rings (SSSR count). The Hall–Kier alpha value is 0.01000. The first-order valence-electron chi connectivity index (χ1n) is 3.31. The molecule has 0 aliphatic heterocycles. The van der Waals surface area contributed by atoms with Gasteiger partial charge in [-0.25, -0.2) is 0 Å². The molecule has 0 atom stereocenters. The van der Waals surface area contributed by atoms with Gasteiger partial charge in [-0.05, 0) is 17.0 Å². The van der Waals surface area contributed by atoms with E-state index in [-0.39, 0.29) is 24.1 Å². The largest absolute Gasteiger partial charge is 0.391 e. The van der Waals surface area contributed by atoms with Crippen molar-refractivity contribution in [2.75, 3.05) is 30.5 Å². The van der Waals surface area contributed by atoms with Crippen LogP contribution in [-0.2, 0) is 10.9 Å². The maximum atomic E-state index is 8.58. The van der Waals surface area contributed by atoms with Crippen LogP contribution in [0.15, 0.2) is 12.7 Å². The van der Waals surface area contributed by atoms with Gasteiger partial charge in [0.2, 0.25) is 0 Å². The monoisotopic (exact) mass is 163 g/mol. The zero-order chi connectivity index (χ0) is 7.82. The number of aliphatic hydroxyl groups excluding tert-OH is 2. The number of rotatable bonds is 6. The van der Waals surface area contributed by atoms with Gasteiger partial charge in [-0.3, -0.25) is 0 Å². The molecule has 0 saturated carbocycles. The van der Waals surface area contributed by atoms with E-state index in [2.05, 4.69) is 6.58 Å². The van der Waals surface area contributed by atoms with Gasteiger partial charge in [-0.1, -0.05) is 6.58 Å². The lowest BCUT2D eigenvalue weighted by atomic mass is 10.8. The molecule has 0 aliphatic rings. The van der Waals surface area contributed by atoms with Crippen molar-refractivity contribution >= 4 is 10.9 Å². The maximum Gasteiger partial charge on any atom is 0.131 e. The van der Waals surface area contributed by atoms with Crippen LogP contribution in [0.1, 0.15) is 0 Å². The van der Waals surface area contributed by atoms with Gasteiger partial charge < -0.3 is 10.2 Å². The molecule has 0 aliphatic carbocycles. The van der Waals surface area contributed by atoms with Crippen molar-refractivity contribution in [3.63, 3.8) is 0 Å². The van der Waals surface area contributed by atoms with Crippen LogP contribution in [0.3, 0.4) is 0 Å². The van der Waals surface area contributed by atoms with Crippen molar-refractivity contribution < 1.29 is 10.2 Å². The second-order valence-corrected chi connectivity index (χ2v) is 4.30. The Morgan fingerprint density at radius 1 is 1.20 bits per heavy atom. The molecule has 0 bridgehead atoms. The highest BCUT2D eigenvalue weighted by atomic mass is 32.2. The molecule has 0 spiro atoms. The highest BCUT2D eigenvalue weighted by Crippen LogP contribution is 1.95. The molecule has 0 unspecified atom stereocenters. The lowest BCUT2D eigenvalue weighted by molar-refractivity contribution is 0.317. The van der Waals surface area contributed by atoms with Crippen LogP contribution in [0.4, 0.5) is 0 Å². The van der Waals surface area contributed by atoms with Crippen molar-refractivity contribution in [3.8, 4) is 0 Å². The minimum atomic E-state index is 0.157. The molecular formula is C7H15O2S+. The van der Waals surface area contributed by atoms with E-state index >= 15 is 0 Å². The lowest BCUT2D eigenvalue weighted by Gasteiger charge is -2.01. The van der Waals surface area contributed by atoms with Crippen LogP contribution in [0.5, 0.6) is 0 Å². The normalized spacial score (nSPS) is 10.3. The summed E-state index contributed by atoms with van der Waals surface area (Å²) in [7, 11) is 0.157. The molecule has 0 saturated heterocycles. The summed E-state index contributed by atoms with van der Waals surface area (Å²) >= 11 is 0. The Kier molecular flexibility index (Phi) is 7.13. The second kappa shape index (κ2) is 7.12. The molecule has 2 N–H and O–H groups in total. The quantitative estimate of drug-likeness (QED) is 0.420. The van der Waals surface area contributed by atoms with Crippen LogP contribution in [-0.4, -0.2) is 40.7 Å². The Morgan fingerprint density at radius 3 is 2.00 bits per heavy atom. The van der Waals surface area contributed by atoms with Gasteiger partial charge in [0.25, 0.3) is 0 Å². The van der Waals surface area contributed by atoms with Gasteiger partial charge in [0, 0.05) is 0 Å². The molecule has 0 aromatic rings. The molecular weight excluding hydrogens is 148 g/mol. The summed E-state index contributed by atoms with van der Waals surface area (Å²) in [6.07, 6.45) is 1.84. The van der Waals surface area contributed by atoms with Crippen LogP contribution in [0.2, 0.25) is 0 Å². The Bertz CT molecular complexity index is 79.7. The zero-order valence-corrected chi connectivity index (χ0v) is 6.94. The highest BCUT2D eigenvalue weighted by Gasteiger charge is 2.13. The topological polar surface area (TPSA) is 40.5 Å². The van der Waals surface area contributed by atoms with E-state index < -0.39 is 0 Å². The summed E-state index contributed by atoms with van der Waals surface area (Å²) in [5.41, 5.74) is 0. The molecule has 0 aromatic carbocycles. The van der Waals surface area contributed by atoms with Crippen molar-refractivity contribution in [1.29, 1.82) is 0 Å². The summed E-state index contributed by atoms with van der Waals surface area (Å²) < 4.78 is 0. The lowest BCUT2D eigenvalue weighted by Crippen LogP contribution is -2.19. The molecule has 0 amide bonds. The fourth-order valence-corrected chi connectivity index (χ4v) is 2.08. The van der Waals surface area contributed by atoms with E-state index in [4.69, 9.17) is 10.2 Å². The zero-order valence-electron chi connectivity index (χ0n) is 6.12. The molecule has 0 fully saturated rings. The van der Waals surface area contributed by atoms with E-state index in [1.165, 1.54) is 0 Å². The van der Waals surface area contributed by atoms with Crippen LogP contribution in [0, 0.1) is 0 Å². The first-order chi connectivity index (χ1) is 4.85. The molecule has 0 radical (unpaired) electrons. The number of hydrogen-bond acceptors (Lipinski definition) is 2. The van der Waals surface area contributed by atoms with Crippen LogP contribution in [0.25, 0.3) is 0 Å². The number of aliphatic hydroxyl groups is 2. The highest BCUT2D eigenvalue weighted by molar-refractivity contribution is 7.97. The van der Waals surface area contributed by atoms with Crippen molar-refractivity contribution in [2.24, 2.45) is 0 Å². The van der Waals surface area contributed by atoms with E-state index in [0.29, 0.717) is 0 Å². The second-order valence-electron chi connectivity index (χ2n) is 1.92. The van der Waals surface area contributed by atoms with Crippen molar-refractivity contribution in [3.05, 3.63) is 12.7 Å². The van der Waals surface area contributed by atoms with Gasteiger partial charge in [-0.15, -0.1) is 0 Å². The molecule has 0 aromatic heterocycles. The van der Waals surface area contributed by atoms with E-state index in [1.807, 2.05) is 6.08 Å². The van der Waals surface area contributed by atoms with E-state index in [9.17, 15) is 0 Å². The summed E-state index contributed by atoms with van der Waals surface area (Å²) in [4.78, 5) is 0. The third-order valence-corrected chi connectivity index (χ3v) is 3.34. The summed E-state index contributed by atoms with van der Waals surface area (Å²) in [6, 6.07) is 0. The van der Waals surface area contributed by atoms with Gasteiger partial charge in [0.05, 0.1) is 13.2 Å². The molecule has 2 nitrogen and oxygen atoms in total. The average Bonchev–Trinajstić information content (AvgIpc) is 1.90. The predicted molar refractivity (Wildman–Crippen MR) is 46.3 cm³/mol. The minimum Gasteiger partial charge on any atom is -0.391 e. The fraction of sp³-hybridized carbons (Fsp3) is 0.714. The Labute approximate surface area is 64.9 Å². The van der Waals surface area contributed by atoms with Crippen molar-refractivity contribution in [2.45, 2.75) is 0 Å². The molecule has 3 heteroatoms. The first kappa shape index (κ1) is 10.0. The molecule has 60 valence electrons. The summed E-state index contributed by atoms with van der Waals surface area (Å²) in [5.74, 6) is 2.51. The summed E-state index contributed by atoms with van der Waals surface area (Å²) in [6.45, 7) is 4.05. The summed E-state index contributed by atoms with van der Waals surface area (Å²) in [5, 5.41) is 17.2. The van der Waals surface area contributed by atoms with Gasteiger partial charge in [-0.2, -0.15) is 0 Å². The Morgan fingerprint density at radius 2 is 1.70 bits per heavy atom. The SMILES string of the molecule is C=CC[S+](CCO)CCO. The van der Waals surface area contributed by atoms with E-state index in [1.54, 1.807) is 0 Å². The van der Waals surface area contributed by atoms with Crippen LogP contribution >= 0.6 is 0 Å². The standard InChI is InChI=1S/C7H15O2S/c1-2-5-10(6-3-8)7-4-9/h2,8-9H,1,3-7H2/q+1. The smallest absolute Gasteiger partial charge is 0.131 e. The average molecular weight is 163 g/mol. The molecule has 0 heterocycles.